The summed E-state index contributed by atoms with van der Waals surface area (Å²) in [6.07, 6.45) is 1.89. The summed E-state index contributed by atoms with van der Waals surface area (Å²) in [5.74, 6) is 3.74. The van der Waals surface area contributed by atoms with Crippen molar-refractivity contribution < 1.29 is 18.9 Å². The predicted octanol–water partition coefficient (Wildman–Crippen LogP) is 5.40. The van der Waals surface area contributed by atoms with Gasteiger partial charge in [-0.2, -0.15) is 0 Å². The first kappa shape index (κ1) is 26.4. The molecule has 0 saturated carbocycles. The van der Waals surface area contributed by atoms with Gasteiger partial charge in [0, 0.05) is 50.6 Å². The van der Waals surface area contributed by atoms with Crippen LogP contribution in [0.2, 0.25) is 0 Å². The third-order valence-electron chi connectivity index (χ3n) is 6.33. The Kier molecular flexibility index (Phi) is 8.90. The zero-order valence-corrected chi connectivity index (χ0v) is 22.3. The quantitative estimate of drug-likeness (QED) is 0.325. The van der Waals surface area contributed by atoms with Gasteiger partial charge in [-0.25, -0.2) is 4.98 Å². The molecule has 0 radical (unpaired) electrons. The van der Waals surface area contributed by atoms with Crippen LogP contribution < -0.4 is 19.1 Å². The largest absolute Gasteiger partial charge is 0.493 e. The van der Waals surface area contributed by atoms with E-state index in [4.69, 9.17) is 18.9 Å². The maximum atomic E-state index is 6.26. The van der Waals surface area contributed by atoms with Crippen LogP contribution in [-0.4, -0.2) is 56.4 Å². The van der Waals surface area contributed by atoms with E-state index in [1.807, 2.05) is 62.5 Å². The number of benzene rings is 2. The number of hydrogen-bond donors (Lipinski definition) is 0. The topological polar surface area (TPSA) is 56.3 Å². The van der Waals surface area contributed by atoms with E-state index in [0.717, 1.165) is 61.0 Å². The molecule has 4 rings (SSSR count). The maximum absolute atomic E-state index is 6.26. The molecule has 2 aromatic carbocycles. The van der Waals surface area contributed by atoms with Gasteiger partial charge in [0.05, 0.1) is 25.9 Å². The number of methoxy groups -OCH3 is 2. The molecule has 1 aliphatic rings. The second kappa shape index (κ2) is 12.5. The molecular weight excluding hydrogens is 466 g/mol. The molecule has 0 atom stereocenters. The Morgan fingerprint density at radius 1 is 0.919 bits per heavy atom. The Morgan fingerprint density at radius 2 is 1.62 bits per heavy atom. The van der Waals surface area contributed by atoms with Crippen molar-refractivity contribution in [3.05, 3.63) is 84.1 Å². The van der Waals surface area contributed by atoms with Crippen LogP contribution in [0, 0.1) is 0 Å². The molecule has 7 nitrogen and oxygen atoms in total. The minimum absolute atomic E-state index is 0.0668. The van der Waals surface area contributed by atoms with Crippen LogP contribution >= 0.6 is 0 Å². The Hall–Kier alpha value is -3.71. The SMILES string of the molecule is C=C(OC(C)C)c1cccnc1N1CCN(Cc2cc(OC)c(OC)cc2OCc2ccccc2)CC1. The number of ether oxygens (including phenoxy) is 4. The molecule has 196 valence electrons. The van der Waals surface area contributed by atoms with Crippen molar-refractivity contribution in [2.45, 2.75) is 33.1 Å². The van der Waals surface area contributed by atoms with Crippen LogP contribution in [-0.2, 0) is 17.9 Å². The molecule has 0 N–H and O–H groups in total. The molecule has 0 aliphatic carbocycles. The van der Waals surface area contributed by atoms with E-state index >= 15 is 0 Å². The van der Waals surface area contributed by atoms with Crippen LogP contribution in [0.25, 0.3) is 5.76 Å². The summed E-state index contributed by atoms with van der Waals surface area (Å²) in [7, 11) is 3.30. The van der Waals surface area contributed by atoms with Crippen molar-refractivity contribution in [3.8, 4) is 17.2 Å². The van der Waals surface area contributed by atoms with Gasteiger partial charge < -0.3 is 23.8 Å². The van der Waals surface area contributed by atoms with Gasteiger partial charge in [-0.3, -0.25) is 4.90 Å². The van der Waals surface area contributed by atoms with E-state index in [9.17, 15) is 0 Å². The van der Waals surface area contributed by atoms with Gasteiger partial charge in [0.1, 0.15) is 23.9 Å². The lowest BCUT2D eigenvalue weighted by Gasteiger charge is -2.36. The number of anilines is 1. The number of pyridine rings is 1. The van der Waals surface area contributed by atoms with E-state index in [1.54, 1.807) is 14.2 Å². The van der Waals surface area contributed by atoms with Gasteiger partial charge >= 0.3 is 0 Å². The van der Waals surface area contributed by atoms with Crippen molar-refractivity contribution in [2.24, 2.45) is 0 Å². The fraction of sp³-hybridized carbons (Fsp3) is 0.367. The molecule has 3 aromatic rings. The molecule has 1 fully saturated rings. The highest BCUT2D eigenvalue weighted by Crippen LogP contribution is 2.36. The zero-order chi connectivity index (χ0) is 26.2. The average Bonchev–Trinajstić information content (AvgIpc) is 2.92. The summed E-state index contributed by atoms with van der Waals surface area (Å²) in [4.78, 5) is 9.40. The minimum Gasteiger partial charge on any atom is -0.493 e. The third-order valence-corrected chi connectivity index (χ3v) is 6.33. The van der Waals surface area contributed by atoms with Gasteiger partial charge in [-0.15, -0.1) is 0 Å². The second-order valence-electron chi connectivity index (χ2n) is 9.32. The van der Waals surface area contributed by atoms with Crippen molar-refractivity contribution in [1.82, 2.24) is 9.88 Å². The van der Waals surface area contributed by atoms with Crippen LogP contribution in [0.1, 0.15) is 30.5 Å². The molecule has 2 heterocycles. The first-order valence-corrected chi connectivity index (χ1v) is 12.7. The lowest BCUT2D eigenvalue weighted by atomic mass is 10.1. The smallest absolute Gasteiger partial charge is 0.164 e. The first-order valence-electron chi connectivity index (χ1n) is 12.7. The Labute approximate surface area is 220 Å². The van der Waals surface area contributed by atoms with Crippen molar-refractivity contribution >= 4 is 11.6 Å². The van der Waals surface area contributed by atoms with Gasteiger partial charge in [0.15, 0.2) is 11.5 Å². The van der Waals surface area contributed by atoms with Crippen LogP contribution in [0.15, 0.2) is 67.4 Å². The highest BCUT2D eigenvalue weighted by molar-refractivity contribution is 5.69. The molecule has 7 heteroatoms. The Balaban J connectivity index is 1.46. The first-order chi connectivity index (χ1) is 18.0. The van der Waals surface area contributed by atoms with Gasteiger partial charge in [0.25, 0.3) is 0 Å². The maximum Gasteiger partial charge on any atom is 0.164 e. The Bertz CT molecular complexity index is 1170. The second-order valence-corrected chi connectivity index (χ2v) is 9.32. The van der Waals surface area contributed by atoms with Crippen LogP contribution in [0.3, 0.4) is 0 Å². The minimum atomic E-state index is 0.0668. The highest BCUT2D eigenvalue weighted by atomic mass is 16.5. The van der Waals surface area contributed by atoms with Gasteiger partial charge in [-0.05, 0) is 37.6 Å². The number of hydrogen-bond acceptors (Lipinski definition) is 7. The van der Waals surface area contributed by atoms with Crippen LogP contribution in [0.5, 0.6) is 17.2 Å². The van der Waals surface area contributed by atoms with E-state index < -0.39 is 0 Å². The van der Waals surface area contributed by atoms with E-state index in [0.29, 0.717) is 23.9 Å². The summed E-state index contributed by atoms with van der Waals surface area (Å²) < 4.78 is 23.3. The molecule has 0 bridgehead atoms. The molecule has 1 saturated heterocycles. The molecule has 1 aliphatic heterocycles. The predicted molar refractivity (Wildman–Crippen MR) is 147 cm³/mol. The molecule has 0 spiro atoms. The van der Waals surface area contributed by atoms with E-state index in [-0.39, 0.29) is 6.10 Å². The molecule has 0 amide bonds. The molecule has 37 heavy (non-hydrogen) atoms. The summed E-state index contributed by atoms with van der Waals surface area (Å²) in [6, 6.07) is 18.1. The normalized spacial score (nSPS) is 13.9. The lowest BCUT2D eigenvalue weighted by Crippen LogP contribution is -2.46. The lowest BCUT2D eigenvalue weighted by molar-refractivity contribution is 0.204. The Morgan fingerprint density at radius 3 is 2.30 bits per heavy atom. The number of nitrogens with zero attached hydrogens (tertiary/aromatic N) is 3. The summed E-state index contributed by atoms with van der Waals surface area (Å²) in [5, 5.41) is 0. The standard InChI is InChI=1S/C30H37N3O4/c1-22(2)37-23(3)26-12-9-13-31-30(26)33-16-14-32(15-17-33)20-25-18-28(34-4)29(35-5)19-27(25)36-21-24-10-7-6-8-11-24/h6-13,18-19,22H,3,14-17,20-21H2,1-2,4-5H3. The molecular formula is C30H37N3O4. The third kappa shape index (κ3) is 6.74. The van der Waals surface area contributed by atoms with Gasteiger partial charge in [-0.1, -0.05) is 36.9 Å². The van der Waals surface area contributed by atoms with Gasteiger partial charge in [0.2, 0.25) is 0 Å². The number of rotatable bonds is 11. The zero-order valence-electron chi connectivity index (χ0n) is 22.3. The summed E-state index contributed by atoms with van der Waals surface area (Å²) >= 11 is 0. The van der Waals surface area contributed by atoms with Crippen molar-refractivity contribution in [1.29, 1.82) is 0 Å². The van der Waals surface area contributed by atoms with Crippen molar-refractivity contribution in [3.63, 3.8) is 0 Å². The highest BCUT2D eigenvalue weighted by Gasteiger charge is 2.23. The van der Waals surface area contributed by atoms with Crippen molar-refractivity contribution in [2.75, 3.05) is 45.3 Å². The number of piperazine rings is 1. The summed E-state index contributed by atoms with van der Waals surface area (Å²) in [6.45, 7) is 12.9. The van der Waals surface area contributed by atoms with E-state index in [1.165, 1.54) is 0 Å². The fourth-order valence-electron chi connectivity index (χ4n) is 4.47. The fourth-order valence-corrected chi connectivity index (χ4v) is 4.47. The average molecular weight is 504 g/mol. The molecule has 1 aromatic heterocycles. The molecule has 0 unspecified atom stereocenters. The van der Waals surface area contributed by atoms with Crippen LogP contribution in [0.4, 0.5) is 5.82 Å². The number of aromatic nitrogens is 1. The monoisotopic (exact) mass is 503 g/mol. The van der Waals surface area contributed by atoms with E-state index in [2.05, 4.69) is 33.5 Å². The summed E-state index contributed by atoms with van der Waals surface area (Å²) in [5.41, 5.74) is 3.13.